The summed E-state index contributed by atoms with van der Waals surface area (Å²) in [6.07, 6.45) is 0.0245. The maximum absolute atomic E-state index is 12.3. The minimum Gasteiger partial charge on any atom is -0.460 e. The predicted octanol–water partition coefficient (Wildman–Crippen LogP) is 3.43. The molecule has 130 valence electrons. The van der Waals surface area contributed by atoms with Crippen LogP contribution in [0.1, 0.15) is 11.3 Å². The highest BCUT2D eigenvalue weighted by molar-refractivity contribution is 7.17. The molecule has 0 N–H and O–H groups in total. The van der Waals surface area contributed by atoms with Gasteiger partial charge in [0.25, 0.3) is 5.56 Å². The fraction of sp³-hybridized carbons (Fsp3) is 0.150. The number of ether oxygens (including phenoxy) is 1. The maximum Gasteiger partial charge on any atom is 0.312 e. The molecule has 0 spiro atoms. The van der Waals surface area contributed by atoms with Gasteiger partial charge >= 0.3 is 5.97 Å². The molecular weight excluding hydrogens is 348 g/mol. The van der Waals surface area contributed by atoms with Crippen LogP contribution < -0.4 is 5.56 Å². The lowest BCUT2D eigenvalue weighted by Crippen LogP contribution is -2.22. The number of aryl methyl sites for hydroxylation is 1. The lowest BCUT2D eigenvalue weighted by atomic mass is 10.1. The molecule has 0 unspecified atom stereocenters. The number of carbonyl (C=O) groups excluding carboxylic acids is 1. The summed E-state index contributed by atoms with van der Waals surface area (Å²) in [7, 11) is 1.58. The molecule has 6 heteroatoms. The van der Waals surface area contributed by atoms with Gasteiger partial charge in [-0.3, -0.25) is 9.59 Å². The third-order valence-corrected chi connectivity index (χ3v) is 5.31. The molecule has 0 radical (unpaired) electrons. The van der Waals surface area contributed by atoms with Crippen LogP contribution in [-0.2, 0) is 29.6 Å². The Morgan fingerprint density at radius 1 is 1.08 bits per heavy atom. The molecule has 0 aliphatic carbocycles. The van der Waals surface area contributed by atoms with Gasteiger partial charge in [0.1, 0.15) is 6.61 Å². The summed E-state index contributed by atoms with van der Waals surface area (Å²) in [5.41, 5.74) is 1.36. The van der Waals surface area contributed by atoms with Gasteiger partial charge in [-0.1, -0.05) is 36.4 Å². The zero-order valence-electron chi connectivity index (χ0n) is 14.1. The molecule has 4 aromatic rings. The number of aromatic nitrogens is 2. The number of benzene rings is 2. The Labute approximate surface area is 153 Å². The number of carbonyl (C=O) groups is 1. The van der Waals surface area contributed by atoms with Crippen molar-refractivity contribution in [3.8, 4) is 0 Å². The van der Waals surface area contributed by atoms with Crippen molar-refractivity contribution in [1.82, 2.24) is 9.78 Å². The lowest BCUT2D eigenvalue weighted by Gasteiger charge is -2.08. The van der Waals surface area contributed by atoms with Crippen LogP contribution in [0.5, 0.6) is 0 Å². The number of hydrogen-bond acceptors (Lipinski definition) is 5. The van der Waals surface area contributed by atoms with Gasteiger partial charge in [0.2, 0.25) is 0 Å². The van der Waals surface area contributed by atoms with Crippen molar-refractivity contribution in [1.29, 1.82) is 0 Å². The molecule has 2 aromatic carbocycles. The number of esters is 1. The van der Waals surface area contributed by atoms with Crippen molar-refractivity contribution < 1.29 is 9.53 Å². The molecule has 0 amide bonds. The molecule has 5 nitrogen and oxygen atoms in total. The molecule has 0 bridgehead atoms. The van der Waals surface area contributed by atoms with Gasteiger partial charge in [0.15, 0.2) is 0 Å². The van der Waals surface area contributed by atoms with E-state index in [0.29, 0.717) is 16.5 Å². The van der Waals surface area contributed by atoms with Gasteiger partial charge in [-0.25, -0.2) is 4.68 Å². The smallest absolute Gasteiger partial charge is 0.312 e. The SMILES string of the molecule is Cn1nc(CC(=O)OCc2csc3ccccc23)c2ccccc2c1=O. The van der Waals surface area contributed by atoms with E-state index >= 15 is 0 Å². The molecule has 0 saturated carbocycles. The average molecular weight is 364 g/mol. The summed E-state index contributed by atoms with van der Waals surface area (Å²) in [5.74, 6) is -0.364. The Bertz CT molecular complexity index is 1180. The van der Waals surface area contributed by atoms with Crippen molar-refractivity contribution in [3.05, 3.63) is 75.5 Å². The van der Waals surface area contributed by atoms with Crippen LogP contribution in [0.4, 0.5) is 0 Å². The van der Waals surface area contributed by atoms with E-state index in [0.717, 1.165) is 10.9 Å². The van der Waals surface area contributed by atoms with Crippen LogP contribution in [0.25, 0.3) is 20.9 Å². The zero-order valence-corrected chi connectivity index (χ0v) is 15.0. The molecule has 0 aliphatic rings. The molecule has 0 atom stereocenters. The first-order chi connectivity index (χ1) is 12.6. The Kier molecular flexibility index (Phi) is 4.26. The second-order valence-electron chi connectivity index (χ2n) is 6.02. The minimum atomic E-state index is -0.364. The van der Waals surface area contributed by atoms with E-state index in [1.807, 2.05) is 35.7 Å². The van der Waals surface area contributed by atoms with E-state index in [1.54, 1.807) is 36.6 Å². The van der Waals surface area contributed by atoms with Gasteiger partial charge in [-0.15, -0.1) is 11.3 Å². The Balaban J connectivity index is 1.55. The summed E-state index contributed by atoms with van der Waals surface area (Å²) in [4.78, 5) is 24.5. The van der Waals surface area contributed by atoms with Gasteiger partial charge in [0, 0.05) is 22.7 Å². The van der Waals surface area contributed by atoms with E-state index in [-0.39, 0.29) is 24.6 Å². The largest absolute Gasteiger partial charge is 0.460 e. The van der Waals surface area contributed by atoms with E-state index < -0.39 is 0 Å². The van der Waals surface area contributed by atoms with Crippen LogP contribution in [0.15, 0.2) is 58.7 Å². The average Bonchev–Trinajstić information content (AvgIpc) is 3.07. The first-order valence-electron chi connectivity index (χ1n) is 8.19. The zero-order chi connectivity index (χ0) is 18.1. The minimum absolute atomic E-state index is 0.0245. The monoisotopic (exact) mass is 364 g/mol. The maximum atomic E-state index is 12.3. The van der Waals surface area contributed by atoms with E-state index in [1.165, 1.54) is 9.38 Å². The second-order valence-corrected chi connectivity index (χ2v) is 6.93. The highest BCUT2D eigenvalue weighted by Crippen LogP contribution is 2.26. The Morgan fingerprint density at radius 3 is 2.58 bits per heavy atom. The predicted molar refractivity (Wildman–Crippen MR) is 102 cm³/mol. The van der Waals surface area contributed by atoms with Gasteiger partial charge < -0.3 is 4.74 Å². The normalized spacial score (nSPS) is 11.1. The summed E-state index contributed by atoms with van der Waals surface area (Å²) in [6.45, 7) is 0.229. The van der Waals surface area contributed by atoms with E-state index in [4.69, 9.17) is 4.74 Å². The summed E-state index contributed by atoms with van der Waals surface area (Å²) >= 11 is 1.63. The van der Waals surface area contributed by atoms with Crippen LogP contribution in [0.2, 0.25) is 0 Å². The number of rotatable bonds is 4. The number of nitrogens with zero attached hydrogens (tertiary/aromatic N) is 2. The first-order valence-corrected chi connectivity index (χ1v) is 9.07. The number of fused-ring (bicyclic) bond motifs is 2. The molecule has 0 aliphatic heterocycles. The van der Waals surface area contributed by atoms with Crippen molar-refractivity contribution in [2.45, 2.75) is 13.0 Å². The van der Waals surface area contributed by atoms with Crippen molar-refractivity contribution in [2.75, 3.05) is 0 Å². The first kappa shape index (κ1) is 16.5. The molecule has 0 saturated heterocycles. The molecule has 4 rings (SSSR count). The fourth-order valence-electron chi connectivity index (χ4n) is 3.00. The van der Waals surface area contributed by atoms with Crippen molar-refractivity contribution in [3.63, 3.8) is 0 Å². The van der Waals surface area contributed by atoms with E-state index in [2.05, 4.69) is 5.10 Å². The fourth-order valence-corrected chi connectivity index (χ4v) is 3.94. The van der Waals surface area contributed by atoms with Crippen LogP contribution in [0.3, 0.4) is 0 Å². The van der Waals surface area contributed by atoms with Gasteiger partial charge in [-0.2, -0.15) is 5.10 Å². The van der Waals surface area contributed by atoms with Crippen LogP contribution in [-0.4, -0.2) is 15.7 Å². The van der Waals surface area contributed by atoms with Gasteiger partial charge in [0.05, 0.1) is 17.5 Å². The summed E-state index contributed by atoms with van der Waals surface area (Å²) in [6, 6.07) is 15.2. The number of thiophene rings is 1. The molecule has 26 heavy (non-hydrogen) atoms. The third-order valence-electron chi connectivity index (χ3n) is 4.29. The quantitative estimate of drug-likeness (QED) is 0.521. The highest BCUT2D eigenvalue weighted by Gasteiger charge is 2.14. The van der Waals surface area contributed by atoms with Crippen LogP contribution >= 0.6 is 11.3 Å². The lowest BCUT2D eigenvalue weighted by molar-refractivity contribution is -0.144. The Hall–Kier alpha value is -2.99. The summed E-state index contributed by atoms with van der Waals surface area (Å²) in [5, 5.41) is 8.60. The molecular formula is C20H16N2O3S. The highest BCUT2D eigenvalue weighted by atomic mass is 32.1. The van der Waals surface area contributed by atoms with Gasteiger partial charge in [-0.05, 0) is 22.9 Å². The standard InChI is InChI=1S/C20H16N2O3S/c1-22-20(24)16-8-3-2-7-15(16)17(21-22)10-19(23)25-11-13-12-26-18-9-5-4-6-14(13)18/h2-9,12H,10-11H2,1H3. The number of hydrogen-bond donors (Lipinski definition) is 0. The van der Waals surface area contributed by atoms with Crippen LogP contribution in [0, 0.1) is 0 Å². The van der Waals surface area contributed by atoms with Crippen molar-refractivity contribution in [2.24, 2.45) is 7.05 Å². The van der Waals surface area contributed by atoms with Crippen molar-refractivity contribution >= 4 is 38.2 Å². The molecule has 2 aromatic heterocycles. The molecule has 0 fully saturated rings. The molecule has 2 heterocycles. The summed E-state index contributed by atoms with van der Waals surface area (Å²) < 4.78 is 7.89. The topological polar surface area (TPSA) is 61.2 Å². The Morgan fingerprint density at radius 2 is 1.77 bits per heavy atom. The van der Waals surface area contributed by atoms with E-state index in [9.17, 15) is 9.59 Å². The second kappa shape index (κ2) is 6.72. The third kappa shape index (κ3) is 2.99.